The number of likely N-dealkylation sites (tertiary alicyclic amines) is 1. The molecule has 1 N–H and O–H groups in total. The Bertz CT molecular complexity index is 1780. The van der Waals surface area contributed by atoms with Gasteiger partial charge >= 0.3 is 0 Å². The molecule has 1 aliphatic carbocycles. The number of halogens is 3. The molecule has 6 rings (SSSR count). The molecule has 2 aromatic carbocycles. The monoisotopic (exact) mass is 597 g/mol. The number of rotatable bonds is 7. The molecule has 2 aliphatic rings. The number of alkyl halides is 3. The molecule has 1 saturated carbocycles. The van der Waals surface area contributed by atoms with Gasteiger partial charge in [0.2, 0.25) is 0 Å². The van der Waals surface area contributed by atoms with Crippen molar-refractivity contribution in [1.29, 1.82) is 5.41 Å². The number of carbonyl (C=O) groups excluding carboxylic acids is 1. The highest BCUT2D eigenvalue weighted by Crippen LogP contribution is 2.34. The van der Waals surface area contributed by atoms with Gasteiger partial charge < -0.3 is 4.90 Å². The average molecular weight is 598 g/mol. The summed E-state index contributed by atoms with van der Waals surface area (Å²) < 4.78 is 44.3. The van der Waals surface area contributed by atoms with Gasteiger partial charge in [0.15, 0.2) is 6.30 Å². The standard InChI is InChI=1S/C35H34F3N5O/c1-22(36)43-30-12-4-3-11-29(30)41-33(43)24-15-17-42(18-16-24)34(44)27-19-26(9-5-7-23-13-14-23)32(40-21-27)31(39)25-8-6-10-28(20-25)35(2,37)38/h3-4,6,8,10-12,19-24,39H,7,13-18H2,1-2H3. The molecule has 226 valence electrons. The molecule has 0 radical (unpaired) electrons. The van der Waals surface area contributed by atoms with E-state index in [4.69, 9.17) is 10.4 Å². The van der Waals surface area contributed by atoms with Crippen LogP contribution >= 0.6 is 0 Å². The first-order valence-electron chi connectivity index (χ1n) is 15.1. The number of hydrogen-bond donors (Lipinski definition) is 1. The molecule has 2 aromatic heterocycles. The maximum absolute atomic E-state index is 14.7. The van der Waals surface area contributed by atoms with Gasteiger partial charge in [0.05, 0.1) is 27.9 Å². The number of pyridine rings is 1. The van der Waals surface area contributed by atoms with Crippen LogP contribution in [-0.4, -0.2) is 44.1 Å². The molecular weight excluding hydrogens is 563 g/mol. The maximum atomic E-state index is 14.7. The zero-order chi connectivity index (χ0) is 31.0. The lowest BCUT2D eigenvalue weighted by molar-refractivity contribution is 0.0174. The summed E-state index contributed by atoms with van der Waals surface area (Å²) >= 11 is 0. The molecule has 9 heteroatoms. The number of aromatic nitrogens is 3. The Hall–Kier alpha value is -4.45. The Labute approximate surface area is 254 Å². The lowest BCUT2D eigenvalue weighted by Crippen LogP contribution is -2.38. The van der Waals surface area contributed by atoms with Crippen molar-refractivity contribution in [3.05, 3.63) is 94.6 Å². The van der Waals surface area contributed by atoms with Crippen LogP contribution < -0.4 is 0 Å². The van der Waals surface area contributed by atoms with Crippen molar-refractivity contribution in [3.8, 4) is 11.8 Å². The fraction of sp³-hybridized carbons (Fsp3) is 0.371. The number of fused-ring (bicyclic) bond motifs is 1. The van der Waals surface area contributed by atoms with Gasteiger partial charge in [0, 0.05) is 49.7 Å². The average Bonchev–Trinajstić information content (AvgIpc) is 3.76. The zero-order valence-corrected chi connectivity index (χ0v) is 24.8. The Balaban J connectivity index is 1.23. The van der Waals surface area contributed by atoms with E-state index < -0.39 is 12.2 Å². The van der Waals surface area contributed by atoms with Crippen LogP contribution in [-0.2, 0) is 5.92 Å². The number of hydrogen-bond acceptors (Lipinski definition) is 4. The van der Waals surface area contributed by atoms with E-state index in [0.717, 1.165) is 37.2 Å². The minimum atomic E-state index is -3.04. The van der Waals surface area contributed by atoms with Crippen molar-refractivity contribution in [1.82, 2.24) is 19.4 Å². The summed E-state index contributed by atoms with van der Waals surface area (Å²) in [6.45, 7) is 3.29. The maximum Gasteiger partial charge on any atom is 0.270 e. The van der Waals surface area contributed by atoms with E-state index >= 15 is 0 Å². The van der Waals surface area contributed by atoms with Crippen molar-refractivity contribution in [2.24, 2.45) is 5.92 Å². The molecule has 0 spiro atoms. The minimum Gasteiger partial charge on any atom is -0.339 e. The zero-order valence-electron chi connectivity index (χ0n) is 24.8. The first kappa shape index (κ1) is 29.6. The number of benzene rings is 2. The van der Waals surface area contributed by atoms with Gasteiger partial charge in [-0.3, -0.25) is 19.8 Å². The SMILES string of the molecule is CC(F)n1c(C2CCN(C(=O)c3cnc(C(=N)c4cccc(C(C)(F)F)c4)c(C#CCC4CC4)c3)CC2)nc2ccccc21. The van der Waals surface area contributed by atoms with Gasteiger partial charge in [-0.2, -0.15) is 0 Å². The topological polar surface area (TPSA) is 74.9 Å². The number of para-hydroxylation sites is 2. The number of carbonyl (C=O) groups is 1. The van der Waals surface area contributed by atoms with E-state index in [-0.39, 0.29) is 28.8 Å². The highest BCUT2D eigenvalue weighted by molar-refractivity contribution is 6.11. The Morgan fingerprint density at radius 2 is 1.82 bits per heavy atom. The molecule has 1 aliphatic heterocycles. The molecule has 1 atom stereocenters. The number of nitrogens with one attached hydrogen (secondary N) is 1. The third kappa shape index (κ3) is 6.12. The number of nitrogens with zero attached hydrogens (tertiary/aromatic N) is 4. The first-order valence-corrected chi connectivity index (χ1v) is 15.1. The van der Waals surface area contributed by atoms with Crippen LogP contribution in [0.1, 0.15) is 96.7 Å². The van der Waals surface area contributed by atoms with E-state index in [2.05, 4.69) is 16.8 Å². The van der Waals surface area contributed by atoms with E-state index in [1.807, 2.05) is 24.3 Å². The van der Waals surface area contributed by atoms with Gasteiger partial charge in [-0.1, -0.05) is 42.2 Å². The van der Waals surface area contributed by atoms with Gasteiger partial charge in [0.25, 0.3) is 11.8 Å². The fourth-order valence-corrected chi connectivity index (χ4v) is 5.82. The molecule has 1 amide bonds. The van der Waals surface area contributed by atoms with Crippen LogP contribution in [0.4, 0.5) is 13.2 Å². The molecule has 3 heterocycles. The number of piperidine rings is 1. The molecule has 0 bridgehead atoms. The Morgan fingerprint density at radius 1 is 1.07 bits per heavy atom. The second-order valence-electron chi connectivity index (χ2n) is 11.9. The van der Waals surface area contributed by atoms with Crippen molar-refractivity contribution in [3.63, 3.8) is 0 Å². The summed E-state index contributed by atoms with van der Waals surface area (Å²) in [6, 6.07) is 14.9. The highest BCUT2D eigenvalue weighted by Gasteiger charge is 2.30. The van der Waals surface area contributed by atoms with Crippen LogP contribution in [0.3, 0.4) is 0 Å². The molecule has 4 aromatic rings. The Kier molecular flexibility index (Phi) is 8.02. The van der Waals surface area contributed by atoms with Crippen molar-refractivity contribution in [2.45, 2.75) is 64.1 Å². The number of amides is 1. The van der Waals surface area contributed by atoms with Crippen molar-refractivity contribution >= 4 is 22.7 Å². The summed E-state index contributed by atoms with van der Waals surface area (Å²) in [5.74, 6) is 4.34. The quantitative estimate of drug-likeness (QED) is 0.176. The summed E-state index contributed by atoms with van der Waals surface area (Å²) in [4.78, 5) is 24.6. The summed E-state index contributed by atoms with van der Waals surface area (Å²) in [5, 5.41) is 8.81. The van der Waals surface area contributed by atoms with E-state index in [1.54, 1.807) is 21.6 Å². The molecule has 6 nitrogen and oxygen atoms in total. The predicted molar refractivity (Wildman–Crippen MR) is 164 cm³/mol. The molecule has 44 heavy (non-hydrogen) atoms. The van der Waals surface area contributed by atoms with E-state index in [9.17, 15) is 18.0 Å². The summed E-state index contributed by atoms with van der Waals surface area (Å²) in [6.07, 6.45) is 4.51. The molecule has 1 unspecified atom stereocenters. The second kappa shape index (κ2) is 11.9. The summed E-state index contributed by atoms with van der Waals surface area (Å²) in [5.41, 5.74) is 2.64. The third-order valence-corrected chi connectivity index (χ3v) is 8.47. The van der Waals surface area contributed by atoms with E-state index in [0.29, 0.717) is 54.4 Å². The highest BCUT2D eigenvalue weighted by atomic mass is 19.3. The van der Waals surface area contributed by atoms with Gasteiger partial charge in [-0.05, 0) is 62.8 Å². The van der Waals surface area contributed by atoms with Gasteiger partial charge in [-0.25, -0.2) is 18.2 Å². The van der Waals surface area contributed by atoms with Crippen LogP contribution in [0.2, 0.25) is 0 Å². The molecule has 1 saturated heterocycles. The number of imidazole rings is 1. The molecule has 2 fully saturated rings. The van der Waals surface area contributed by atoms with E-state index in [1.165, 1.54) is 31.3 Å². The lowest BCUT2D eigenvalue weighted by Gasteiger charge is -2.32. The smallest absolute Gasteiger partial charge is 0.270 e. The largest absolute Gasteiger partial charge is 0.339 e. The summed E-state index contributed by atoms with van der Waals surface area (Å²) in [7, 11) is 0. The van der Waals surface area contributed by atoms with Crippen LogP contribution in [0, 0.1) is 23.2 Å². The Morgan fingerprint density at radius 3 is 2.52 bits per heavy atom. The normalized spacial score (nSPS) is 16.4. The van der Waals surface area contributed by atoms with Crippen LogP contribution in [0.15, 0.2) is 60.8 Å². The first-order chi connectivity index (χ1) is 21.1. The van der Waals surface area contributed by atoms with Crippen molar-refractivity contribution in [2.75, 3.05) is 13.1 Å². The fourth-order valence-electron chi connectivity index (χ4n) is 5.82. The van der Waals surface area contributed by atoms with Crippen LogP contribution in [0.25, 0.3) is 11.0 Å². The third-order valence-electron chi connectivity index (χ3n) is 8.47. The van der Waals surface area contributed by atoms with Gasteiger partial charge in [0.1, 0.15) is 11.5 Å². The van der Waals surface area contributed by atoms with Gasteiger partial charge in [-0.15, -0.1) is 0 Å². The predicted octanol–water partition coefficient (Wildman–Crippen LogP) is 7.62. The minimum absolute atomic E-state index is 0.0146. The second-order valence-corrected chi connectivity index (χ2v) is 11.9. The molecular formula is C35H34F3N5O. The van der Waals surface area contributed by atoms with Crippen molar-refractivity contribution < 1.29 is 18.0 Å². The van der Waals surface area contributed by atoms with Crippen LogP contribution in [0.5, 0.6) is 0 Å². The lowest BCUT2D eigenvalue weighted by atomic mass is 9.95.